The maximum atomic E-state index is 14.0. The number of imidazole rings is 1. The highest BCUT2D eigenvalue weighted by atomic mass is 19.1. The molecule has 1 aliphatic carbocycles. The van der Waals surface area contributed by atoms with E-state index in [1.54, 1.807) is 12.2 Å². The summed E-state index contributed by atoms with van der Waals surface area (Å²) in [6.45, 7) is 8.52. The summed E-state index contributed by atoms with van der Waals surface area (Å²) in [5.74, 6) is 2.28. The van der Waals surface area contributed by atoms with Crippen LogP contribution in [0.3, 0.4) is 0 Å². The summed E-state index contributed by atoms with van der Waals surface area (Å²) in [6, 6.07) is 10.7. The molecule has 3 unspecified atom stereocenters. The number of amides is 2. The van der Waals surface area contributed by atoms with Crippen molar-refractivity contribution < 1.29 is 13.9 Å². The summed E-state index contributed by atoms with van der Waals surface area (Å²) in [5.41, 5.74) is 6.25. The molecule has 3 heterocycles. The lowest BCUT2D eigenvalue weighted by Crippen LogP contribution is -2.54. The summed E-state index contributed by atoms with van der Waals surface area (Å²) in [6.07, 6.45) is 7.72. The molecular weight excluding hydrogens is 479 g/mol. The van der Waals surface area contributed by atoms with Crippen molar-refractivity contribution >= 4 is 17.1 Å². The molecule has 1 fully saturated rings. The minimum Gasteiger partial charge on any atom is -0.491 e. The van der Waals surface area contributed by atoms with Gasteiger partial charge < -0.3 is 19.5 Å². The number of benzene rings is 2. The second-order valence-electron chi connectivity index (χ2n) is 11.1. The van der Waals surface area contributed by atoms with Gasteiger partial charge in [-0.2, -0.15) is 0 Å². The van der Waals surface area contributed by atoms with Crippen molar-refractivity contribution in [2.24, 2.45) is 11.8 Å². The number of piperidine rings is 1. The lowest BCUT2D eigenvalue weighted by atomic mass is 9.82. The molecule has 0 radical (unpaired) electrons. The fraction of sp³-hybridized carbons (Fsp3) is 0.419. The van der Waals surface area contributed by atoms with Crippen LogP contribution in [-0.2, 0) is 6.54 Å². The maximum absolute atomic E-state index is 14.0. The van der Waals surface area contributed by atoms with E-state index in [9.17, 15) is 9.18 Å². The Morgan fingerprint density at radius 1 is 1.16 bits per heavy atom. The van der Waals surface area contributed by atoms with Gasteiger partial charge in [-0.1, -0.05) is 19.1 Å². The van der Waals surface area contributed by atoms with E-state index in [1.807, 2.05) is 28.9 Å². The molecular formula is C31H35FN4O2. The number of aromatic nitrogens is 2. The molecule has 198 valence electrons. The normalized spacial score (nSPS) is 23.6. The zero-order valence-corrected chi connectivity index (χ0v) is 22.3. The number of hydrogen-bond donors (Lipinski definition) is 1. The first-order valence-electron chi connectivity index (χ1n) is 13.7. The number of fused-ring (bicyclic) bond motifs is 2. The van der Waals surface area contributed by atoms with E-state index in [1.165, 1.54) is 0 Å². The Hall–Kier alpha value is -3.61. The zero-order valence-electron chi connectivity index (χ0n) is 22.3. The first kappa shape index (κ1) is 24.7. The molecule has 3 atom stereocenters. The van der Waals surface area contributed by atoms with Crippen molar-refractivity contribution in [3.8, 4) is 16.9 Å². The van der Waals surface area contributed by atoms with Gasteiger partial charge in [0.1, 0.15) is 24.0 Å². The first-order chi connectivity index (χ1) is 18.4. The predicted molar refractivity (Wildman–Crippen MR) is 148 cm³/mol. The number of hydrogen-bond acceptors (Lipinski definition) is 3. The van der Waals surface area contributed by atoms with Crippen LogP contribution >= 0.6 is 0 Å². The average molecular weight is 515 g/mol. The highest BCUT2D eigenvalue weighted by molar-refractivity contribution is 5.82. The van der Waals surface area contributed by atoms with Gasteiger partial charge in [-0.25, -0.2) is 14.2 Å². The van der Waals surface area contributed by atoms with Crippen molar-refractivity contribution in [3.63, 3.8) is 0 Å². The third kappa shape index (κ3) is 4.70. The summed E-state index contributed by atoms with van der Waals surface area (Å²) in [5, 5.41) is 0. The summed E-state index contributed by atoms with van der Waals surface area (Å²) < 4.78 is 19.9. The molecule has 2 aliphatic heterocycles. The SMILES string of the molecule is Cc1nc2ccc(-c3cc(C)c4c(c3)CN(C(=O)N3CCC(C)CC3C3C=CC(F)=CC3)CCO4)cc2[nH]1. The van der Waals surface area contributed by atoms with Crippen molar-refractivity contribution in [3.05, 3.63) is 71.3 Å². The molecule has 7 heteroatoms. The van der Waals surface area contributed by atoms with Gasteiger partial charge in [-0.3, -0.25) is 0 Å². The number of allylic oxidation sites excluding steroid dienone is 3. The Kier molecular flexibility index (Phi) is 6.46. The molecule has 1 N–H and O–H groups in total. The van der Waals surface area contributed by atoms with Crippen molar-refractivity contribution in [2.75, 3.05) is 19.7 Å². The smallest absolute Gasteiger partial charge is 0.320 e. The number of carbonyl (C=O) groups is 1. The van der Waals surface area contributed by atoms with Crippen molar-refractivity contribution in [1.82, 2.24) is 19.8 Å². The molecule has 3 aromatic rings. The van der Waals surface area contributed by atoms with E-state index >= 15 is 0 Å². The minimum atomic E-state index is -0.183. The van der Waals surface area contributed by atoms with Gasteiger partial charge in [-0.05, 0) is 92.1 Å². The van der Waals surface area contributed by atoms with Crippen LogP contribution in [0.1, 0.15) is 43.1 Å². The summed E-state index contributed by atoms with van der Waals surface area (Å²) in [4.78, 5) is 25.8. The van der Waals surface area contributed by atoms with Crippen LogP contribution in [0.2, 0.25) is 0 Å². The van der Waals surface area contributed by atoms with Gasteiger partial charge in [0.15, 0.2) is 0 Å². The summed E-state index contributed by atoms with van der Waals surface area (Å²) in [7, 11) is 0. The van der Waals surface area contributed by atoms with Gasteiger partial charge in [0.05, 0.1) is 24.1 Å². The van der Waals surface area contributed by atoms with E-state index in [0.29, 0.717) is 32.0 Å². The number of carbonyl (C=O) groups excluding carboxylic acids is 1. The maximum Gasteiger partial charge on any atom is 0.320 e. The Labute approximate surface area is 223 Å². The van der Waals surface area contributed by atoms with Crippen LogP contribution in [0.25, 0.3) is 22.2 Å². The first-order valence-corrected chi connectivity index (χ1v) is 13.7. The Balaban J connectivity index is 1.28. The predicted octanol–water partition coefficient (Wildman–Crippen LogP) is 6.69. The standard InChI is InChI=1S/C31H35FN4O2/c1-19-10-11-36(29(14-19)22-4-7-26(32)8-5-22)31(37)35-12-13-38-30-20(2)15-24(16-25(30)18-35)23-6-9-27-28(17-23)34-21(3)33-27/h4,6-9,15-17,19,22,29H,5,10-14,18H2,1-3H3,(H,33,34). The van der Waals surface area contributed by atoms with Crippen molar-refractivity contribution in [1.29, 1.82) is 0 Å². The van der Waals surface area contributed by atoms with Gasteiger partial charge in [0.25, 0.3) is 0 Å². The average Bonchev–Trinajstić information content (AvgIpc) is 3.14. The molecule has 6 rings (SSSR count). The molecule has 6 nitrogen and oxygen atoms in total. The second-order valence-corrected chi connectivity index (χ2v) is 11.1. The number of nitrogens with one attached hydrogen (secondary N) is 1. The highest BCUT2D eigenvalue weighted by Gasteiger charge is 2.37. The summed E-state index contributed by atoms with van der Waals surface area (Å²) >= 11 is 0. The number of nitrogens with zero attached hydrogens (tertiary/aromatic N) is 3. The molecule has 38 heavy (non-hydrogen) atoms. The Morgan fingerprint density at radius 2 is 2.03 bits per heavy atom. The lowest BCUT2D eigenvalue weighted by molar-refractivity contribution is 0.0808. The van der Waals surface area contributed by atoms with Gasteiger partial charge >= 0.3 is 6.03 Å². The molecule has 1 aromatic heterocycles. The lowest BCUT2D eigenvalue weighted by Gasteiger charge is -2.44. The van der Waals surface area contributed by atoms with E-state index in [-0.39, 0.29) is 23.8 Å². The monoisotopic (exact) mass is 514 g/mol. The Bertz CT molecular complexity index is 1440. The second kappa shape index (κ2) is 9.93. The number of halogens is 1. The quantitative estimate of drug-likeness (QED) is 0.414. The number of H-pyrrole nitrogens is 1. The van der Waals surface area contributed by atoms with E-state index < -0.39 is 0 Å². The number of urea groups is 1. The molecule has 0 saturated carbocycles. The van der Waals surface area contributed by atoms with Crippen LogP contribution in [0, 0.1) is 25.7 Å². The molecule has 2 aromatic carbocycles. The van der Waals surface area contributed by atoms with Crippen LogP contribution < -0.4 is 4.74 Å². The third-order valence-electron chi connectivity index (χ3n) is 8.26. The molecule has 0 spiro atoms. The molecule has 0 bridgehead atoms. The topological polar surface area (TPSA) is 61.5 Å². The number of ether oxygens (including phenoxy) is 1. The number of aryl methyl sites for hydroxylation is 2. The third-order valence-corrected chi connectivity index (χ3v) is 8.26. The highest BCUT2D eigenvalue weighted by Crippen LogP contribution is 2.36. The Morgan fingerprint density at radius 3 is 2.84 bits per heavy atom. The number of likely N-dealkylation sites (tertiary alicyclic amines) is 1. The van der Waals surface area contributed by atoms with Crippen LogP contribution in [0.15, 0.2) is 54.4 Å². The number of aromatic amines is 1. The van der Waals surface area contributed by atoms with Crippen LogP contribution in [0.4, 0.5) is 9.18 Å². The number of rotatable bonds is 2. The van der Waals surface area contributed by atoms with E-state index in [0.717, 1.165) is 64.2 Å². The largest absolute Gasteiger partial charge is 0.491 e. The fourth-order valence-corrected chi connectivity index (χ4v) is 6.26. The van der Waals surface area contributed by atoms with Gasteiger partial charge in [-0.15, -0.1) is 0 Å². The van der Waals surface area contributed by atoms with E-state index in [4.69, 9.17) is 4.74 Å². The van der Waals surface area contributed by atoms with Crippen LogP contribution in [0.5, 0.6) is 5.75 Å². The zero-order chi connectivity index (χ0) is 26.4. The van der Waals surface area contributed by atoms with E-state index in [2.05, 4.69) is 48.1 Å². The molecule has 3 aliphatic rings. The molecule has 2 amide bonds. The van der Waals surface area contributed by atoms with Gasteiger partial charge in [0, 0.05) is 24.1 Å². The van der Waals surface area contributed by atoms with Crippen LogP contribution in [-0.4, -0.2) is 51.5 Å². The fourth-order valence-electron chi connectivity index (χ4n) is 6.26. The molecule has 1 saturated heterocycles. The van der Waals surface area contributed by atoms with Gasteiger partial charge in [0.2, 0.25) is 0 Å². The minimum absolute atomic E-state index is 0.0548. The van der Waals surface area contributed by atoms with Crippen molar-refractivity contribution in [2.45, 2.75) is 52.6 Å².